The van der Waals surface area contributed by atoms with Gasteiger partial charge in [0.15, 0.2) is 0 Å². The van der Waals surface area contributed by atoms with Gasteiger partial charge in [-0.25, -0.2) is 0 Å². The fourth-order valence-corrected chi connectivity index (χ4v) is 2.81. The van der Waals surface area contributed by atoms with Crippen molar-refractivity contribution in [3.63, 3.8) is 0 Å². The number of carbonyl (C=O) groups excluding carboxylic acids is 2. The van der Waals surface area contributed by atoms with Crippen molar-refractivity contribution in [1.29, 1.82) is 0 Å². The molecule has 0 aromatic heterocycles. The maximum absolute atomic E-state index is 12.8. The largest absolute Gasteiger partial charge is 0.350 e. The van der Waals surface area contributed by atoms with Crippen LogP contribution in [0.25, 0.3) is 5.57 Å². The molecule has 24 heavy (non-hydrogen) atoms. The summed E-state index contributed by atoms with van der Waals surface area (Å²) in [4.78, 5) is 26.7. The highest BCUT2D eigenvalue weighted by molar-refractivity contribution is 6.36. The summed E-state index contributed by atoms with van der Waals surface area (Å²) in [6, 6.07) is 15.3. The molecule has 0 radical (unpaired) electrons. The summed E-state index contributed by atoms with van der Waals surface area (Å²) in [6.07, 6.45) is 0. The molecule has 2 amide bonds. The molecule has 0 bridgehead atoms. The molecule has 1 N–H and O–H groups in total. The Labute approximate surface area is 141 Å². The van der Waals surface area contributed by atoms with Crippen LogP contribution < -0.4 is 5.32 Å². The lowest BCUT2D eigenvalue weighted by Gasteiger charge is -2.12. The Hall–Kier alpha value is -2.88. The van der Waals surface area contributed by atoms with E-state index in [1.807, 2.05) is 62.4 Å². The second kappa shape index (κ2) is 6.32. The predicted octanol–water partition coefficient (Wildman–Crippen LogP) is 3.52. The molecule has 0 aliphatic carbocycles. The lowest BCUT2D eigenvalue weighted by atomic mass is 9.99. The number of aryl methyl sites for hydroxylation is 2. The van der Waals surface area contributed by atoms with Crippen LogP contribution in [0.1, 0.15) is 23.6 Å². The van der Waals surface area contributed by atoms with Crippen LogP contribution in [-0.4, -0.2) is 23.3 Å². The number of amides is 2. The van der Waals surface area contributed by atoms with Gasteiger partial charge in [0.1, 0.15) is 5.70 Å². The van der Waals surface area contributed by atoms with E-state index in [1.54, 1.807) is 6.92 Å². The number of imide groups is 1. The van der Waals surface area contributed by atoms with Crippen molar-refractivity contribution in [2.45, 2.75) is 20.8 Å². The minimum atomic E-state index is -0.278. The standard InChI is InChI=1S/C20H20N2O2/c1-4-22-19(23)17(15-11-10-13(2)14(3)12-15)18(20(22)24)21-16-8-6-5-7-9-16/h5-12,21H,4H2,1-3H3. The van der Waals surface area contributed by atoms with E-state index in [1.165, 1.54) is 4.90 Å². The molecule has 0 unspecified atom stereocenters. The van der Waals surface area contributed by atoms with Crippen LogP contribution in [0.15, 0.2) is 54.2 Å². The second-order valence-corrected chi connectivity index (χ2v) is 5.89. The van der Waals surface area contributed by atoms with Gasteiger partial charge in [0, 0.05) is 12.2 Å². The van der Waals surface area contributed by atoms with Crippen molar-refractivity contribution in [2.24, 2.45) is 0 Å². The number of anilines is 1. The minimum Gasteiger partial charge on any atom is -0.350 e. The van der Waals surface area contributed by atoms with Gasteiger partial charge in [0.2, 0.25) is 0 Å². The first-order valence-electron chi connectivity index (χ1n) is 8.03. The first kappa shape index (κ1) is 16.0. The normalized spacial score (nSPS) is 14.5. The zero-order chi connectivity index (χ0) is 17.3. The van der Waals surface area contributed by atoms with Crippen LogP contribution in [0.5, 0.6) is 0 Å². The Kier molecular flexibility index (Phi) is 4.21. The number of nitrogens with zero attached hydrogens (tertiary/aromatic N) is 1. The first-order valence-corrected chi connectivity index (χ1v) is 8.03. The summed E-state index contributed by atoms with van der Waals surface area (Å²) >= 11 is 0. The summed E-state index contributed by atoms with van der Waals surface area (Å²) in [5.74, 6) is -0.524. The number of hydrogen-bond acceptors (Lipinski definition) is 3. The van der Waals surface area contributed by atoms with Gasteiger partial charge in [0.25, 0.3) is 11.8 Å². The molecular weight excluding hydrogens is 300 g/mol. The van der Waals surface area contributed by atoms with E-state index in [0.29, 0.717) is 17.8 Å². The maximum atomic E-state index is 12.8. The van der Waals surface area contributed by atoms with Gasteiger partial charge >= 0.3 is 0 Å². The smallest absolute Gasteiger partial charge is 0.278 e. The molecule has 0 saturated heterocycles. The van der Waals surface area contributed by atoms with Crippen molar-refractivity contribution < 1.29 is 9.59 Å². The highest BCUT2D eigenvalue weighted by Gasteiger charge is 2.38. The van der Waals surface area contributed by atoms with Gasteiger partial charge in [0.05, 0.1) is 5.57 Å². The van der Waals surface area contributed by atoms with Crippen LogP contribution in [0.3, 0.4) is 0 Å². The molecule has 4 nitrogen and oxygen atoms in total. The Morgan fingerprint density at radius 2 is 1.62 bits per heavy atom. The van der Waals surface area contributed by atoms with E-state index >= 15 is 0 Å². The maximum Gasteiger partial charge on any atom is 0.278 e. The van der Waals surface area contributed by atoms with Crippen LogP contribution in [0.4, 0.5) is 5.69 Å². The Bertz CT molecular complexity index is 838. The van der Waals surface area contributed by atoms with Crippen molar-refractivity contribution >= 4 is 23.1 Å². The Morgan fingerprint density at radius 1 is 0.917 bits per heavy atom. The molecule has 0 saturated carbocycles. The predicted molar refractivity (Wildman–Crippen MR) is 95.3 cm³/mol. The van der Waals surface area contributed by atoms with Crippen LogP contribution >= 0.6 is 0 Å². The zero-order valence-electron chi connectivity index (χ0n) is 14.1. The molecule has 3 rings (SSSR count). The number of likely N-dealkylation sites (N-methyl/N-ethyl adjacent to an activating group) is 1. The lowest BCUT2D eigenvalue weighted by Crippen LogP contribution is -2.32. The highest BCUT2D eigenvalue weighted by atomic mass is 16.2. The van der Waals surface area contributed by atoms with Crippen LogP contribution in [0, 0.1) is 13.8 Å². The van der Waals surface area contributed by atoms with Gasteiger partial charge in [-0.1, -0.05) is 36.4 Å². The zero-order valence-corrected chi connectivity index (χ0v) is 14.1. The third kappa shape index (κ3) is 2.71. The van der Waals surface area contributed by atoms with E-state index < -0.39 is 0 Å². The minimum absolute atomic E-state index is 0.246. The van der Waals surface area contributed by atoms with Crippen LogP contribution in [-0.2, 0) is 9.59 Å². The summed E-state index contributed by atoms with van der Waals surface area (Å²) < 4.78 is 0. The molecule has 4 heteroatoms. The molecule has 2 aromatic carbocycles. The number of benzene rings is 2. The highest BCUT2D eigenvalue weighted by Crippen LogP contribution is 2.31. The number of hydrogen-bond donors (Lipinski definition) is 1. The van der Waals surface area contributed by atoms with E-state index in [9.17, 15) is 9.59 Å². The number of para-hydroxylation sites is 1. The first-order chi connectivity index (χ1) is 11.5. The molecule has 0 atom stereocenters. The number of nitrogens with one attached hydrogen (secondary N) is 1. The summed E-state index contributed by atoms with van der Waals surface area (Å²) in [5.41, 5.74) is 4.58. The summed E-state index contributed by atoms with van der Waals surface area (Å²) in [5, 5.41) is 3.14. The average molecular weight is 320 g/mol. The van der Waals surface area contributed by atoms with Crippen molar-refractivity contribution in [2.75, 3.05) is 11.9 Å². The van der Waals surface area contributed by atoms with Gasteiger partial charge in [-0.05, 0) is 49.6 Å². The van der Waals surface area contributed by atoms with E-state index in [-0.39, 0.29) is 11.8 Å². The summed E-state index contributed by atoms with van der Waals surface area (Å²) in [7, 11) is 0. The third-order valence-electron chi connectivity index (χ3n) is 4.32. The topological polar surface area (TPSA) is 49.4 Å². The molecule has 1 aliphatic heterocycles. The second-order valence-electron chi connectivity index (χ2n) is 5.89. The summed E-state index contributed by atoms with van der Waals surface area (Å²) in [6.45, 7) is 6.18. The van der Waals surface area contributed by atoms with Gasteiger partial charge in [-0.15, -0.1) is 0 Å². The number of rotatable bonds is 4. The fourth-order valence-electron chi connectivity index (χ4n) is 2.81. The quantitative estimate of drug-likeness (QED) is 0.877. The molecule has 0 fully saturated rings. The Morgan fingerprint density at radius 3 is 2.25 bits per heavy atom. The molecule has 2 aromatic rings. The molecule has 0 spiro atoms. The molecule has 122 valence electrons. The Balaban J connectivity index is 2.12. The lowest BCUT2D eigenvalue weighted by molar-refractivity contribution is -0.136. The van der Waals surface area contributed by atoms with E-state index in [2.05, 4.69) is 5.32 Å². The average Bonchev–Trinajstić information content (AvgIpc) is 2.81. The van der Waals surface area contributed by atoms with Crippen molar-refractivity contribution in [3.05, 3.63) is 70.9 Å². The van der Waals surface area contributed by atoms with E-state index in [0.717, 1.165) is 22.4 Å². The monoisotopic (exact) mass is 320 g/mol. The van der Waals surface area contributed by atoms with Gasteiger partial charge in [-0.3, -0.25) is 14.5 Å². The van der Waals surface area contributed by atoms with Gasteiger partial charge < -0.3 is 5.32 Å². The number of carbonyl (C=O) groups is 2. The fraction of sp³-hybridized carbons (Fsp3) is 0.200. The van der Waals surface area contributed by atoms with Crippen molar-refractivity contribution in [1.82, 2.24) is 4.90 Å². The van der Waals surface area contributed by atoms with Crippen LogP contribution in [0.2, 0.25) is 0 Å². The molecule has 1 aliphatic rings. The third-order valence-corrected chi connectivity index (χ3v) is 4.32. The van der Waals surface area contributed by atoms with Gasteiger partial charge in [-0.2, -0.15) is 0 Å². The molecular formula is C20H20N2O2. The van der Waals surface area contributed by atoms with Crippen molar-refractivity contribution in [3.8, 4) is 0 Å². The SMILES string of the molecule is CCN1C(=O)C(Nc2ccccc2)=C(c2ccc(C)c(C)c2)C1=O. The van der Waals surface area contributed by atoms with E-state index in [4.69, 9.17) is 0 Å². The molecule has 1 heterocycles.